The van der Waals surface area contributed by atoms with Crippen molar-refractivity contribution in [3.63, 3.8) is 0 Å². The van der Waals surface area contributed by atoms with Crippen molar-refractivity contribution in [2.24, 2.45) is 11.8 Å². The molecule has 1 fully saturated rings. The molecular formula is C23H36BN3O4. The van der Waals surface area contributed by atoms with Crippen molar-refractivity contribution < 1.29 is 19.3 Å². The van der Waals surface area contributed by atoms with Crippen LogP contribution in [-0.4, -0.2) is 56.0 Å². The van der Waals surface area contributed by atoms with Crippen LogP contribution in [0.4, 0.5) is 0 Å². The Morgan fingerprint density at radius 1 is 1.29 bits per heavy atom. The average molecular weight is 429 g/mol. The molecule has 0 saturated heterocycles. The van der Waals surface area contributed by atoms with E-state index in [1.54, 1.807) is 12.1 Å². The van der Waals surface area contributed by atoms with Gasteiger partial charge in [-0.25, -0.2) is 0 Å². The topological polar surface area (TPSA) is 99.7 Å². The Hall–Kier alpha value is -1.90. The van der Waals surface area contributed by atoms with Crippen LogP contribution in [0, 0.1) is 11.8 Å². The van der Waals surface area contributed by atoms with E-state index in [4.69, 9.17) is 4.65 Å². The van der Waals surface area contributed by atoms with Crippen LogP contribution < -0.4 is 20.6 Å². The van der Waals surface area contributed by atoms with Crippen molar-refractivity contribution in [2.45, 2.75) is 64.4 Å². The first-order chi connectivity index (χ1) is 15.0. The number of aldehydes is 1. The molecule has 1 aromatic carbocycles. The Balaban J connectivity index is 1.43. The van der Waals surface area contributed by atoms with Crippen molar-refractivity contribution in [1.29, 1.82) is 0 Å². The van der Waals surface area contributed by atoms with Gasteiger partial charge in [0.15, 0.2) is 6.29 Å². The molecule has 0 spiro atoms. The Kier molecular flexibility index (Phi) is 8.93. The molecule has 1 aromatic rings. The standard InChI is InChI=1S/C23H36BN3O4/c1-16(2)26-10-9-25-14-18-6-3-5-17(11-18)12-22(29)27-21-13-19-7-4-8-20(15-28)23(19)31-24(21)30/h4,7-8,15-18,21,25-26,30H,3,5-6,9-14H2,1-2H3,(H,27,29)/t17?,18?,21-/m0/s1. The minimum absolute atomic E-state index is 0.0395. The fourth-order valence-corrected chi connectivity index (χ4v) is 4.72. The average Bonchev–Trinajstić information content (AvgIpc) is 2.73. The third kappa shape index (κ3) is 7.05. The Morgan fingerprint density at radius 2 is 2.10 bits per heavy atom. The van der Waals surface area contributed by atoms with E-state index in [1.807, 2.05) is 6.07 Å². The summed E-state index contributed by atoms with van der Waals surface area (Å²) in [5.74, 6) is 0.869. The largest absolute Gasteiger partial charge is 0.547 e. The van der Waals surface area contributed by atoms with Crippen LogP contribution in [0.1, 0.15) is 61.9 Å². The maximum atomic E-state index is 12.7. The molecule has 1 amide bonds. The highest BCUT2D eigenvalue weighted by atomic mass is 16.5. The van der Waals surface area contributed by atoms with Gasteiger partial charge in [0.25, 0.3) is 0 Å². The lowest BCUT2D eigenvalue weighted by molar-refractivity contribution is -0.122. The first-order valence-corrected chi connectivity index (χ1v) is 11.6. The first-order valence-electron chi connectivity index (χ1n) is 11.6. The van der Waals surface area contributed by atoms with E-state index in [0.29, 0.717) is 42.0 Å². The van der Waals surface area contributed by atoms with E-state index in [-0.39, 0.29) is 5.91 Å². The third-order valence-corrected chi connectivity index (χ3v) is 6.28. The second kappa shape index (κ2) is 11.6. The van der Waals surface area contributed by atoms with Crippen molar-refractivity contribution >= 4 is 19.3 Å². The quantitative estimate of drug-likeness (QED) is 0.257. The van der Waals surface area contributed by atoms with Gasteiger partial charge in [0.05, 0.1) is 11.5 Å². The normalized spacial score (nSPS) is 23.2. The number of carbonyl (C=O) groups is 2. The van der Waals surface area contributed by atoms with Gasteiger partial charge in [0.1, 0.15) is 5.75 Å². The van der Waals surface area contributed by atoms with Gasteiger partial charge in [0, 0.05) is 25.6 Å². The molecule has 2 aliphatic rings. The van der Waals surface area contributed by atoms with Crippen molar-refractivity contribution in [3.8, 4) is 5.75 Å². The summed E-state index contributed by atoms with van der Waals surface area (Å²) in [7, 11) is -1.15. The second-order valence-electron chi connectivity index (χ2n) is 9.26. The van der Waals surface area contributed by atoms with Gasteiger partial charge in [-0.15, -0.1) is 0 Å². The van der Waals surface area contributed by atoms with Crippen molar-refractivity contribution in [2.75, 3.05) is 19.6 Å². The third-order valence-electron chi connectivity index (χ3n) is 6.28. The number of para-hydroxylation sites is 1. The Morgan fingerprint density at radius 3 is 2.87 bits per heavy atom. The summed E-state index contributed by atoms with van der Waals surface area (Å²) in [5, 5.41) is 20.2. The van der Waals surface area contributed by atoms with Crippen LogP contribution in [0.15, 0.2) is 18.2 Å². The fourth-order valence-electron chi connectivity index (χ4n) is 4.72. The highest BCUT2D eigenvalue weighted by Crippen LogP contribution is 2.32. The number of benzene rings is 1. The number of fused-ring (bicyclic) bond motifs is 1. The molecule has 1 aliphatic carbocycles. The summed E-state index contributed by atoms with van der Waals surface area (Å²) in [5.41, 5.74) is 1.25. The zero-order valence-electron chi connectivity index (χ0n) is 18.7. The van der Waals surface area contributed by atoms with Crippen LogP contribution >= 0.6 is 0 Å². The highest BCUT2D eigenvalue weighted by Gasteiger charge is 2.37. The lowest BCUT2D eigenvalue weighted by Gasteiger charge is -2.31. The van der Waals surface area contributed by atoms with Gasteiger partial charge in [-0.1, -0.05) is 32.4 Å². The van der Waals surface area contributed by atoms with E-state index in [0.717, 1.165) is 50.7 Å². The van der Waals surface area contributed by atoms with Gasteiger partial charge in [-0.3, -0.25) is 9.59 Å². The molecular weight excluding hydrogens is 393 g/mol. The van der Waals surface area contributed by atoms with Gasteiger partial charge in [-0.05, 0) is 55.7 Å². The Labute approximate surface area is 185 Å². The van der Waals surface area contributed by atoms with Crippen LogP contribution in [0.5, 0.6) is 5.75 Å². The van der Waals surface area contributed by atoms with Gasteiger partial charge >= 0.3 is 7.12 Å². The number of hydrogen-bond donors (Lipinski definition) is 4. The van der Waals surface area contributed by atoms with Gasteiger partial charge in [0.2, 0.25) is 5.91 Å². The van der Waals surface area contributed by atoms with Gasteiger partial charge in [-0.2, -0.15) is 0 Å². The predicted molar refractivity (Wildman–Crippen MR) is 122 cm³/mol. The lowest BCUT2D eigenvalue weighted by atomic mass is 9.72. The zero-order chi connectivity index (χ0) is 22.2. The molecule has 0 aromatic heterocycles. The summed E-state index contributed by atoms with van der Waals surface area (Å²) in [6, 6.07) is 5.82. The summed E-state index contributed by atoms with van der Waals surface area (Å²) in [4.78, 5) is 23.9. The summed E-state index contributed by atoms with van der Waals surface area (Å²) in [6.07, 6.45) is 6.17. The SMILES string of the molecule is CC(C)NCCNCC1CCCC(CC(=O)N[C@H]2Cc3cccc(C=O)c3OB2O)C1. The molecule has 7 nitrogen and oxygen atoms in total. The molecule has 3 rings (SSSR count). The molecule has 170 valence electrons. The second-order valence-corrected chi connectivity index (χ2v) is 9.26. The first kappa shape index (κ1) is 23.8. The molecule has 0 bridgehead atoms. The monoisotopic (exact) mass is 429 g/mol. The van der Waals surface area contributed by atoms with Crippen molar-refractivity contribution in [1.82, 2.24) is 16.0 Å². The molecule has 0 radical (unpaired) electrons. The number of rotatable bonds is 10. The Bertz CT molecular complexity index is 746. The molecule has 1 heterocycles. The minimum Gasteiger partial charge on any atom is -0.534 e. The number of nitrogens with one attached hydrogen (secondary N) is 3. The van der Waals surface area contributed by atoms with Gasteiger partial charge < -0.3 is 25.6 Å². The molecule has 8 heteroatoms. The molecule has 1 aliphatic heterocycles. The molecule has 4 N–H and O–H groups in total. The molecule has 1 saturated carbocycles. The highest BCUT2D eigenvalue weighted by molar-refractivity contribution is 6.47. The van der Waals surface area contributed by atoms with E-state index < -0.39 is 13.1 Å². The lowest BCUT2D eigenvalue weighted by Crippen LogP contribution is -2.53. The van der Waals surface area contributed by atoms with Crippen LogP contribution in [0.2, 0.25) is 0 Å². The summed E-state index contributed by atoms with van der Waals surface area (Å²) < 4.78 is 5.55. The van der Waals surface area contributed by atoms with E-state index >= 15 is 0 Å². The maximum absolute atomic E-state index is 12.7. The maximum Gasteiger partial charge on any atom is 0.547 e. The number of hydrogen-bond acceptors (Lipinski definition) is 6. The molecule has 31 heavy (non-hydrogen) atoms. The minimum atomic E-state index is -1.15. The van der Waals surface area contributed by atoms with Crippen LogP contribution in [-0.2, 0) is 11.2 Å². The van der Waals surface area contributed by atoms with E-state index in [2.05, 4.69) is 29.8 Å². The smallest absolute Gasteiger partial charge is 0.534 e. The summed E-state index contributed by atoms with van der Waals surface area (Å²) in [6.45, 7) is 7.24. The molecule has 3 atom stereocenters. The number of amides is 1. The van der Waals surface area contributed by atoms with E-state index in [9.17, 15) is 14.6 Å². The zero-order valence-corrected chi connectivity index (χ0v) is 18.7. The fraction of sp³-hybridized carbons (Fsp3) is 0.652. The van der Waals surface area contributed by atoms with Crippen molar-refractivity contribution in [3.05, 3.63) is 29.3 Å². The number of carbonyl (C=O) groups excluding carboxylic acids is 2. The van der Waals surface area contributed by atoms with Crippen LogP contribution in [0.25, 0.3) is 0 Å². The summed E-state index contributed by atoms with van der Waals surface area (Å²) >= 11 is 0. The van der Waals surface area contributed by atoms with E-state index in [1.165, 1.54) is 6.42 Å². The molecule has 2 unspecified atom stereocenters. The van der Waals surface area contributed by atoms with Crippen LogP contribution in [0.3, 0.4) is 0 Å². The predicted octanol–water partition coefficient (Wildman–Crippen LogP) is 1.72.